The molecule has 5 heterocycles. The van der Waals surface area contributed by atoms with Crippen LogP contribution in [-0.2, 0) is 11.0 Å². The van der Waals surface area contributed by atoms with Crippen LogP contribution in [0.3, 0.4) is 0 Å². The summed E-state index contributed by atoms with van der Waals surface area (Å²) < 4.78 is 97.0. The van der Waals surface area contributed by atoms with E-state index < -0.39 is 46.2 Å². The van der Waals surface area contributed by atoms with E-state index in [-0.39, 0.29) is 88.0 Å². The zero-order chi connectivity index (χ0) is 35.0. The molecule has 4 aromatic rings. The number of carbonyl (C=O) groups excluding carboxylic acids is 1. The van der Waals surface area contributed by atoms with E-state index in [0.717, 1.165) is 24.6 Å². The lowest BCUT2D eigenvalue weighted by Gasteiger charge is -2.31. The van der Waals surface area contributed by atoms with Crippen LogP contribution in [0.2, 0.25) is 0 Å². The average molecular weight is 704 g/mol. The zero-order valence-electron chi connectivity index (χ0n) is 26.5. The molecule has 0 bridgehead atoms. The first-order valence-electron chi connectivity index (χ1n) is 15.7. The summed E-state index contributed by atoms with van der Waals surface area (Å²) in [5.41, 5.74) is 1.89. The molecule has 2 aromatic carbocycles. The molecule has 3 atom stereocenters. The number of nitrogens with two attached hydrogens (primary N) is 1. The maximum atomic E-state index is 17.0. The Morgan fingerprint density at radius 1 is 1.24 bits per heavy atom. The number of hydrogen-bond donors (Lipinski definition) is 1. The van der Waals surface area contributed by atoms with Crippen LogP contribution < -0.4 is 15.4 Å². The fourth-order valence-electron chi connectivity index (χ4n) is 7.65. The molecule has 0 radical (unpaired) electrons. The molecule has 1 amide bonds. The molecule has 16 heteroatoms. The molecule has 7 rings (SSSR count). The van der Waals surface area contributed by atoms with Crippen molar-refractivity contribution in [3.8, 4) is 23.2 Å². The number of carbonyl (C=O) groups is 1. The first-order valence-corrected chi connectivity index (χ1v) is 16.6. The summed E-state index contributed by atoms with van der Waals surface area (Å²) in [6.45, 7) is 2.83. The average Bonchev–Trinajstić information content (AvgIpc) is 3.82. The Labute approximate surface area is 280 Å². The molecular weight excluding hydrogens is 672 g/mol. The number of rotatable bonds is 6. The number of fused-ring (bicyclic) bond motifs is 3. The lowest BCUT2D eigenvalue weighted by molar-refractivity contribution is -0.137. The highest BCUT2D eigenvalue weighted by atomic mass is 32.1. The van der Waals surface area contributed by atoms with Crippen LogP contribution in [0.25, 0.3) is 32.1 Å². The van der Waals surface area contributed by atoms with Crippen LogP contribution >= 0.6 is 11.3 Å². The van der Waals surface area contributed by atoms with Gasteiger partial charge in [-0.1, -0.05) is 6.07 Å². The number of hydrogen-bond acceptors (Lipinski definition) is 9. The van der Waals surface area contributed by atoms with E-state index in [2.05, 4.69) is 9.97 Å². The van der Waals surface area contributed by atoms with Gasteiger partial charge in [-0.05, 0) is 43.5 Å². The topological polar surface area (TPSA) is 112 Å². The minimum atomic E-state index is -5.11. The number of likely N-dealkylation sites (N-methyl/N-ethyl adjacent to an activating group) is 1. The highest BCUT2D eigenvalue weighted by molar-refractivity contribution is 7.23. The molecule has 2 aromatic heterocycles. The van der Waals surface area contributed by atoms with E-state index in [9.17, 15) is 32.0 Å². The van der Waals surface area contributed by atoms with Gasteiger partial charge in [0.05, 0.1) is 27.4 Å². The second kappa shape index (κ2) is 11.9. The van der Waals surface area contributed by atoms with Gasteiger partial charge in [-0.3, -0.25) is 9.69 Å². The van der Waals surface area contributed by atoms with E-state index in [4.69, 9.17) is 10.5 Å². The first kappa shape index (κ1) is 33.2. The molecule has 0 aliphatic carbocycles. The summed E-state index contributed by atoms with van der Waals surface area (Å²) in [6.07, 6.45) is -3.94. The third kappa shape index (κ3) is 5.47. The number of nitrogen functional groups attached to an aromatic ring is 1. The Hall–Kier alpha value is -4.36. The Balaban J connectivity index is 1.44. The third-order valence-electron chi connectivity index (χ3n) is 10.1. The molecule has 49 heavy (non-hydrogen) atoms. The molecule has 2 N–H and O–H groups in total. The second-order valence-electron chi connectivity index (χ2n) is 13.0. The number of nitrogens with zero attached hydrogens (tertiary/aromatic N) is 6. The van der Waals surface area contributed by atoms with Crippen LogP contribution in [0.5, 0.6) is 6.01 Å². The number of benzene rings is 2. The number of anilines is 2. The molecule has 3 fully saturated rings. The van der Waals surface area contributed by atoms with E-state index in [1.165, 1.54) is 11.8 Å². The number of ether oxygens (including phenoxy) is 1. The molecule has 258 valence electrons. The number of alkyl halides is 4. The summed E-state index contributed by atoms with van der Waals surface area (Å²) in [4.78, 5) is 26.1. The predicted molar refractivity (Wildman–Crippen MR) is 172 cm³/mol. The van der Waals surface area contributed by atoms with E-state index in [1.54, 1.807) is 11.9 Å². The van der Waals surface area contributed by atoms with Crippen molar-refractivity contribution in [3.63, 3.8) is 0 Å². The Bertz CT molecular complexity index is 2050. The van der Waals surface area contributed by atoms with Gasteiger partial charge in [0.15, 0.2) is 5.82 Å². The molecule has 0 saturated carbocycles. The summed E-state index contributed by atoms with van der Waals surface area (Å²) >= 11 is 0.679. The van der Waals surface area contributed by atoms with Crippen molar-refractivity contribution >= 4 is 49.1 Å². The van der Waals surface area contributed by atoms with Crippen LogP contribution in [0.4, 0.5) is 37.2 Å². The molecule has 0 spiro atoms. The van der Waals surface area contributed by atoms with Crippen molar-refractivity contribution in [2.45, 2.75) is 56.5 Å². The Morgan fingerprint density at radius 2 is 2.02 bits per heavy atom. The summed E-state index contributed by atoms with van der Waals surface area (Å²) in [6, 6.07) is 3.88. The minimum Gasteiger partial charge on any atom is -0.461 e. The van der Waals surface area contributed by atoms with Crippen LogP contribution in [-0.4, -0.2) is 83.3 Å². The van der Waals surface area contributed by atoms with Gasteiger partial charge in [0.25, 0.3) is 0 Å². The first-order chi connectivity index (χ1) is 23.2. The SMILES string of the molecule is CC(=O)N(C)[C@@H]1CCN(c2nc(OC[C@@]34CCCN3C[C@H](F)C4)nc3c(F)c(-c4ccc(F)c5sc(N)c(C#N)c45)c(C(F)(F)F)cc23)C1. The fraction of sp³-hybridized carbons (Fsp3) is 0.455. The van der Waals surface area contributed by atoms with E-state index in [0.29, 0.717) is 30.7 Å². The maximum absolute atomic E-state index is 17.0. The van der Waals surface area contributed by atoms with Crippen molar-refractivity contribution in [3.05, 3.63) is 41.0 Å². The van der Waals surface area contributed by atoms with Gasteiger partial charge in [-0.25, -0.2) is 13.2 Å². The Morgan fingerprint density at radius 3 is 2.73 bits per heavy atom. The number of thiophene rings is 1. The Kier molecular flexibility index (Phi) is 8.05. The lowest BCUT2D eigenvalue weighted by atomic mass is 9.92. The lowest BCUT2D eigenvalue weighted by Crippen LogP contribution is -2.43. The molecule has 9 nitrogen and oxygen atoms in total. The highest BCUT2D eigenvalue weighted by Crippen LogP contribution is 2.48. The number of nitriles is 1. The number of halogens is 6. The number of aromatic nitrogens is 2. The zero-order valence-corrected chi connectivity index (χ0v) is 27.3. The maximum Gasteiger partial charge on any atom is 0.417 e. The third-order valence-corrected chi connectivity index (χ3v) is 11.2. The normalized spacial score (nSPS) is 22.6. The summed E-state index contributed by atoms with van der Waals surface area (Å²) in [5, 5.41) is 9.19. The van der Waals surface area contributed by atoms with Gasteiger partial charge >= 0.3 is 12.2 Å². The van der Waals surface area contributed by atoms with Crippen LogP contribution in [0.1, 0.15) is 43.7 Å². The van der Waals surface area contributed by atoms with Crippen molar-refractivity contribution in [1.29, 1.82) is 5.26 Å². The number of amides is 1. The van der Waals surface area contributed by atoms with Gasteiger partial charge in [0.1, 0.15) is 41.0 Å². The van der Waals surface area contributed by atoms with Crippen molar-refractivity contribution in [2.75, 3.05) is 50.5 Å². The van der Waals surface area contributed by atoms with Gasteiger partial charge in [0, 0.05) is 56.4 Å². The molecule has 3 saturated heterocycles. The largest absolute Gasteiger partial charge is 0.461 e. The van der Waals surface area contributed by atoms with Gasteiger partial charge in [-0.15, -0.1) is 11.3 Å². The molecule has 3 aliphatic heterocycles. The quantitative estimate of drug-likeness (QED) is 0.234. The van der Waals surface area contributed by atoms with Crippen LogP contribution in [0, 0.1) is 23.0 Å². The predicted octanol–water partition coefficient (Wildman–Crippen LogP) is 6.27. The molecule has 3 aliphatic rings. The monoisotopic (exact) mass is 703 g/mol. The minimum absolute atomic E-state index is 0.0124. The van der Waals surface area contributed by atoms with Crippen molar-refractivity contribution < 1.29 is 35.9 Å². The molecule has 0 unspecified atom stereocenters. The van der Waals surface area contributed by atoms with Crippen molar-refractivity contribution in [2.24, 2.45) is 0 Å². The van der Waals surface area contributed by atoms with Crippen molar-refractivity contribution in [1.82, 2.24) is 19.8 Å². The van der Waals surface area contributed by atoms with E-state index >= 15 is 4.39 Å². The molecular formula is C33H31F6N7O2S. The second-order valence-corrected chi connectivity index (χ2v) is 14.0. The van der Waals surface area contributed by atoms with E-state index in [1.807, 2.05) is 11.0 Å². The smallest absolute Gasteiger partial charge is 0.417 e. The van der Waals surface area contributed by atoms with Gasteiger partial charge < -0.3 is 20.3 Å². The fourth-order valence-corrected chi connectivity index (χ4v) is 8.60. The highest BCUT2D eigenvalue weighted by Gasteiger charge is 2.49. The van der Waals surface area contributed by atoms with Gasteiger partial charge in [0.2, 0.25) is 5.91 Å². The van der Waals surface area contributed by atoms with Gasteiger partial charge in [-0.2, -0.15) is 28.4 Å². The standard InChI is InChI=1S/C33H31F6N7O2S/c1-16(47)44(2)18-6-9-45(14-18)30-20-10-22(33(37,38)39)25(19-4-5-23(35)28-24(19)21(12-40)29(41)49-28)26(36)27(20)42-31(43-30)48-15-32-7-3-8-46(32)13-17(34)11-32/h4-5,10,17-18H,3,6-9,11,13-15,41H2,1-2H3/t17-,18-,32+/m1/s1. The summed E-state index contributed by atoms with van der Waals surface area (Å²) in [7, 11) is 1.62. The van der Waals surface area contributed by atoms with Crippen LogP contribution in [0.15, 0.2) is 18.2 Å². The summed E-state index contributed by atoms with van der Waals surface area (Å²) in [5.74, 6) is -2.42.